The van der Waals surface area contributed by atoms with Gasteiger partial charge >= 0.3 is 5.97 Å². The first-order valence-corrected chi connectivity index (χ1v) is 11.9. The first kappa shape index (κ1) is 24.7. The molecule has 37 heavy (non-hydrogen) atoms. The van der Waals surface area contributed by atoms with E-state index in [4.69, 9.17) is 20.3 Å². The summed E-state index contributed by atoms with van der Waals surface area (Å²) in [6.07, 6.45) is 0.443. The van der Waals surface area contributed by atoms with E-state index in [9.17, 15) is 14.3 Å². The number of pyridine rings is 1. The minimum atomic E-state index is -0.920. The number of amidine groups is 1. The lowest BCUT2D eigenvalue weighted by Gasteiger charge is -2.33. The van der Waals surface area contributed by atoms with Gasteiger partial charge in [-0.1, -0.05) is 12.1 Å². The van der Waals surface area contributed by atoms with Crippen LogP contribution in [0.3, 0.4) is 0 Å². The minimum Gasteiger partial charge on any atom is -0.481 e. The number of carboxylic acid groups (broad SMARTS) is 1. The molecule has 0 radical (unpaired) electrons. The van der Waals surface area contributed by atoms with Crippen molar-refractivity contribution in [3.05, 3.63) is 59.0 Å². The molecule has 2 aromatic rings. The fourth-order valence-electron chi connectivity index (χ4n) is 4.89. The van der Waals surface area contributed by atoms with Crippen LogP contribution in [0, 0.1) is 5.82 Å². The molecule has 194 valence electrons. The monoisotopic (exact) mass is 509 g/mol. The standard InChI is InChI=1S/C25H28FN7O4/c1-12-22-19(32-25(27)29-12)10-18(31-23(22)33-37-14-9-20(24(34)35)28-11-14)15-7-6-13(26)8-16(15)17-4-3-5-21(30-17)36-2/h3-8,14,18-20,28H,9-11H2,1-2H3,(H,31,33)(H,34,35)(H3,27,29,32)/t14-,18-,19?,20+/m1/s1. The number of hydrogen-bond donors (Lipinski definition) is 5. The van der Waals surface area contributed by atoms with Crippen LogP contribution >= 0.6 is 0 Å². The molecule has 0 bridgehead atoms. The average molecular weight is 510 g/mol. The second-order valence-electron chi connectivity index (χ2n) is 9.10. The van der Waals surface area contributed by atoms with E-state index in [-0.39, 0.29) is 12.1 Å². The molecule has 3 aliphatic heterocycles. The van der Waals surface area contributed by atoms with E-state index in [0.29, 0.717) is 48.3 Å². The van der Waals surface area contributed by atoms with Crippen LogP contribution in [0.25, 0.3) is 11.3 Å². The number of hydrogen-bond acceptors (Lipinski definition) is 10. The number of carboxylic acids is 1. The van der Waals surface area contributed by atoms with Gasteiger partial charge in [0.25, 0.3) is 0 Å². The zero-order valence-electron chi connectivity index (χ0n) is 20.4. The first-order chi connectivity index (χ1) is 17.8. The number of guanidine groups is 1. The van der Waals surface area contributed by atoms with Crippen LogP contribution in [0.5, 0.6) is 5.88 Å². The van der Waals surface area contributed by atoms with Gasteiger partial charge in [0, 0.05) is 42.3 Å². The molecule has 4 heterocycles. The Hall–Kier alpha value is -4.03. The van der Waals surface area contributed by atoms with Gasteiger partial charge in [-0.25, -0.2) is 19.8 Å². The number of rotatable bonds is 6. The summed E-state index contributed by atoms with van der Waals surface area (Å²) in [4.78, 5) is 31.2. The third-order valence-electron chi connectivity index (χ3n) is 6.63. The SMILES string of the molecule is COc1cccc(-c2cc(F)ccc2[C@H]2CC3N=C(N)NC(C)=C3C(NO[C@H]3CN[C@H](C(=O)O)C3)=N2)n1. The molecular weight excluding hydrogens is 481 g/mol. The Morgan fingerprint density at radius 1 is 1.22 bits per heavy atom. The Morgan fingerprint density at radius 3 is 2.81 bits per heavy atom. The van der Waals surface area contributed by atoms with E-state index in [1.807, 2.05) is 6.92 Å². The summed E-state index contributed by atoms with van der Waals surface area (Å²) in [6.45, 7) is 2.26. The number of aromatic nitrogens is 1. The van der Waals surface area contributed by atoms with Crippen molar-refractivity contribution < 1.29 is 23.9 Å². The van der Waals surface area contributed by atoms with E-state index in [1.165, 1.54) is 19.2 Å². The molecule has 12 heteroatoms. The van der Waals surface area contributed by atoms with Crippen molar-refractivity contribution in [1.82, 2.24) is 21.1 Å². The number of methoxy groups -OCH3 is 1. The van der Waals surface area contributed by atoms with Gasteiger partial charge in [0.1, 0.15) is 11.9 Å². The highest BCUT2D eigenvalue weighted by Gasteiger charge is 2.36. The summed E-state index contributed by atoms with van der Waals surface area (Å²) >= 11 is 0. The molecule has 1 aromatic carbocycles. The number of aliphatic imine (C=N–C) groups is 2. The van der Waals surface area contributed by atoms with Gasteiger partial charge in [-0.2, -0.15) is 0 Å². The van der Waals surface area contributed by atoms with Gasteiger partial charge in [0.05, 0.1) is 31.0 Å². The Bertz CT molecular complexity index is 1310. The molecule has 0 saturated carbocycles. The third kappa shape index (κ3) is 5.11. The van der Waals surface area contributed by atoms with E-state index < -0.39 is 23.9 Å². The molecule has 1 unspecified atom stereocenters. The molecule has 5 rings (SSSR count). The molecule has 1 fully saturated rings. The lowest BCUT2D eigenvalue weighted by molar-refractivity contribution is -0.139. The first-order valence-electron chi connectivity index (χ1n) is 11.9. The number of nitrogens with two attached hydrogens (primary N) is 1. The van der Waals surface area contributed by atoms with Crippen molar-refractivity contribution in [3.63, 3.8) is 0 Å². The van der Waals surface area contributed by atoms with Crippen molar-refractivity contribution in [3.8, 4) is 17.1 Å². The van der Waals surface area contributed by atoms with Crippen molar-refractivity contribution >= 4 is 17.8 Å². The van der Waals surface area contributed by atoms with Crippen molar-refractivity contribution in [1.29, 1.82) is 0 Å². The predicted molar refractivity (Wildman–Crippen MR) is 134 cm³/mol. The minimum absolute atomic E-state index is 0.297. The van der Waals surface area contributed by atoms with Crippen LogP contribution < -0.4 is 26.6 Å². The quantitative estimate of drug-likeness (QED) is 0.365. The second kappa shape index (κ2) is 10.1. The Kier molecular flexibility index (Phi) is 6.76. The number of allylic oxidation sites excluding steroid dienone is 1. The van der Waals surface area contributed by atoms with Crippen molar-refractivity contribution in [2.45, 2.75) is 44.0 Å². The Balaban J connectivity index is 1.50. The zero-order chi connectivity index (χ0) is 26.1. The number of fused-ring (bicyclic) bond motifs is 1. The van der Waals surface area contributed by atoms with Crippen LogP contribution in [0.4, 0.5) is 4.39 Å². The second-order valence-corrected chi connectivity index (χ2v) is 9.10. The van der Waals surface area contributed by atoms with Crippen LogP contribution in [-0.2, 0) is 9.63 Å². The summed E-state index contributed by atoms with van der Waals surface area (Å²) < 4.78 is 19.6. The maximum Gasteiger partial charge on any atom is 0.320 e. The molecule has 0 aliphatic carbocycles. The number of ether oxygens (including phenoxy) is 1. The number of hydroxylamine groups is 1. The van der Waals surface area contributed by atoms with Crippen molar-refractivity contribution in [2.24, 2.45) is 15.7 Å². The summed E-state index contributed by atoms with van der Waals surface area (Å²) in [7, 11) is 1.52. The van der Waals surface area contributed by atoms with E-state index in [0.717, 1.165) is 16.8 Å². The average Bonchev–Trinajstić information content (AvgIpc) is 3.36. The van der Waals surface area contributed by atoms with Gasteiger partial charge < -0.3 is 26.2 Å². The highest BCUT2D eigenvalue weighted by atomic mass is 19.1. The highest BCUT2D eigenvalue weighted by Crippen LogP contribution is 2.39. The zero-order valence-corrected chi connectivity index (χ0v) is 20.4. The molecule has 6 N–H and O–H groups in total. The molecular formula is C25H28FN7O4. The number of benzene rings is 1. The highest BCUT2D eigenvalue weighted by molar-refractivity contribution is 6.02. The normalized spacial score (nSPS) is 25.1. The lowest BCUT2D eigenvalue weighted by Crippen LogP contribution is -2.45. The van der Waals surface area contributed by atoms with Gasteiger partial charge in [0.15, 0.2) is 11.8 Å². The molecule has 0 amide bonds. The van der Waals surface area contributed by atoms with Gasteiger partial charge in [0.2, 0.25) is 5.88 Å². The summed E-state index contributed by atoms with van der Waals surface area (Å²) in [5.74, 6) is -0.152. The number of aliphatic carboxylic acids is 1. The van der Waals surface area contributed by atoms with Crippen LogP contribution in [0.15, 0.2) is 57.7 Å². The molecule has 0 spiro atoms. The van der Waals surface area contributed by atoms with Gasteiger partial charge in [-0.15, -0.1) is 0 Å². The molecule has 3 aliphatic rings. The van der Waals surface area contributed by atoms with Crippen LogP contribution in [-0.4, -0.2) is 59.7 Å². The van der Waals surface area contributed by atoms with Crippen LogP contribution in [0.2, 0.25) is 0 Å². The van der Waals surface area contributed by atoms with Crippen LogP contribution in [0.1, 0.15) is 31.4 Å². The molecule has 11 nitrogen and oxygen atoms in total. The van der Waals surface area contributed by atoms with E-state index in [2.05, 4.69) is 26.1 Å². The van der Waals surface area contributed by atoms with E-state index >= 15 is 0 Å². The van der Waals surface area contributed by atoms with Gasteiger partial charge in [-0.05, 0) is 30.7 Å². The lowest BCUT2D eigenvalue weighted by atomic mass is 9.87. The maximum atomic E-state index is 14.4. The maximum absolute atomic E-state index is 14.4. The fourth-order valence-corrected chi connectivity index (χ4v) is 4.89. The topological polar surface area (TPSA) is 155 Å². The summed E-state index contributed by atoms with van der Waals surface area (Å²) in [5, 5.41) is 15.2. The fraction of sp³-hybridized carbons (Fsp3) is 0.360. The molecule has 4 atom stereocenters. The number of nitrogens with one attached hydrogen (secondary N) is 3. The van der Waals surface area contributed by atoms with Crippen molar-refractivity contribution in [2.75, 3.05) is 13.7 Å². The molecule has 1 saturated heterocycles. The summed E-state index contributed by atoms with van der Waals surface area (Å²) in [5.41, 5.74) is 12.5. The Morgan fingerprint density at radius 2 is 2.05 bits per heavy atom. The third-order valence-corrected chi connectivity index (χ3v) is 6.63. The number of nitrogens with zero attached hydrogens (tertiary/aromatic N) is 3. The number of halogens is 1. The smallest absolute Gasteiger partial charge is 0.320 e. The largest absolute Gasteiger partial charge is 0.481 e. The number of carbonyl (C=O) groups is 1. The summed E-state index contributed by atoms with van der Waals surface area (Å²) in [6, 6.07) is 8.43. The molecule has 1 aromatic heterocycles. The van der Waals surface area contributed by atoms with Gasteiger partial charge in [-0.3, -0.25) is 14.6 Å². The Labute approximate surface area is 212 Å². The van der Waals surface area contributed by atoms with E-state index in [1.54, 1.807) is 24.3 Å². The predicted octanol–water partition coefficient (Wildman–Crippen LogP) is 1.64.